The van der Waals surface area contributed by atoms with Crippen LogP contribution in [0.1, 0.15) is 64.2 Å². The van der Waals surface area contributed by atoms with Crippen LogP contribution in [0.15, 0.2) is 93.5 Å². The molecule has 0 N–H and O–H groups in total. The minimum absolute atomic E-state index is 0.156. The molecule has 0 spiro atoms. The van der Waals surface area contributed by atoms with Gasteiger partial charge >= 0.3 is 0 Å². The van der Waals surface area contributed by atoms with Crippen molar-refractivity contribution in [2.75, 3.05) is 0 Å². The summed E-state index contributed by atoms with van der Waals surface area (Å²) in [7, 11) is -0.156. The van der Waals surface area contributed by atoms with Gasteiger partial charge in [-0.05, 0) is 112 Å². The molecule has 0 saturated heterocycles. The molecule has 0 heterocycles. The summed E-state index contributed by atoms with van der Waals surface area (Å²) in [6, 6.07) is 28.5. The Kier molecular flexibility index (Phi) is 7.57. The lowest BCUT2D eigenvalue weighted by Gasteiger charge is -2.23. The highest BCUT2D eigenvalue weighted by molar-refractivity contribution is 7.97. The maximum absolute atomic E-state index is 6.28. The number of hydrogen-bond donors (Lipinski definition) is 0. The normalized spacial score (nSPS) is 17.7. The summed E-state index contributed by atoms with van der Waals surface area (Å²) in [5.74, 6) is 2.00. The molecule has 0 aromatic heterocycles. The van der Waals surface area contributed by atoms with Crippen LogP contribution in [0.25, 0.3) is 0 Å². The van der Waals surface area contributed by atoms with E-state index in [4.69, 9.17) is 9.47 Å². The Balaban J connectivity index is 1.35. The molecule has 33 heavy (non-hydrogen) atoms. The molecule has 3 heteroatoms. The Morgan fingerprint density at radius 2 is 0.848 bits per heavy atom. The van der Waals surface area contributed by atoms with E-state index in [-0.39, 0.29) is 10.9 Å². The van der Waals surface area contributed by atoms with E-state index in [0.717, 1.165) is 11.5 Å². The average molecular weight is 460 g/mol. The Morgan fingerprint density at radius 3 is 1.27 bits per heavy atom. The van der Waals surface area contributed by atoms with Gasteiger partial charge in [0.2, 0.25) is 0 Å². The van der Waals surface area contributed by atoms with Crippen molar-refractivity contribution in [3.8, 4) is 11.5 Å². The first-order valence-corrected chi connectivity index (χ1v) is 13.9. The Hall–Kier alpha value is -2.39. The molecular formula is C30H35O2S+. The molecular weight excluding hydrogens is 424 g/mol. The molecule has 172 valence electrons. The number of hydrogen-bond acceptors (Lipinski definition) is 2. The van der Waals surface area contributed by atoms with E-state index < -0.39 is 0 Å². The molecule has 5 rings (SSSR count). The first-order valence-electron chi connectivity index (χ1n) is 12.7. The molecule has 2 aliphatic carbocycles. The summed E-state index contributed by atoms with van der Waals surface area (Å²) in [5.41, 5.74) is 0. The standard InChI is InChI=1S/C30H35O2S/c1-4-10-24(11-5-1)31-26-16-20-29(21-17-26)33(28-14-8-3-9-15-28)30-22-18-27(19-23-30)32-25-12-6-2-7-13-25/h3,8-9,14-25H,1-2,4-7,10-13H2/q+1. The van der Waals surface area contributed by atoms with Crippen molar-refractivity contribution in [1.29, 1.82) is 0 Å². The van der Waals surface area contributed by atoms with Crippen LogP contribution < -0.4 is 9.47 Å². The van der Waals surface area contributed by atoms with Crippen molar-refractivity contribution in [2.24, 2.45) is 0 Å². The highest BCUT2D eigenvalue weighted by atomic mass is 32.2. The highest BCUT2D eigenvalue weighted by Gasteiger charge is 2.29. The Morgan fingerprint density at radius 1 is 0.455 bits per heavy atom. The average Bonchev–Trinajstić information content (AvgIpc) is 2.88. The fourth-order valence-electron chi connectivity index (χ4n) is 5.02. The first kappa shape index (κ1) is 22.4. The smallest absolute Gasteiger partial charge is 0.166 e. The number of benzene rings is 3. The predicted molar refractivity (Wildman–Crippen MR) is 136 cm³/mol. The fraction of sp³-hybridized carbons (Fsp3) is 0.400. The molecule has 0 radical (unpaired) electrons. The van der Waals surface area contributed by atoms with Gasteiger partial charge in [-0.1, -0.05) is 31.0 Å². The molecule has 2 nitrogen and oxygen atoms in total. The molecule has 2 saturated carbocycles. The quantitative estimate of drug-likeness (QED) is 0.331. The van der Waals surface area contributed by atoms with Gasteiger partial charge in [0, 0.05) is 0 Å². The van der Waals surface area contributed by atoms with E-state index in [1.807, 2.05) is 0 Å². The molecule has 0 atom stereocenters. The zero-order valence-corrected chi connectivity index (χ0v) is 20.3. The van der Waals surface area contributed by atoms with Crippen LogP contribution in [0.3, 0.4) is 0 Å². The lowest BCUT2D eigenvalue weighted by Crippen LogP contribution is -2.19. The highest BCUT2D eigenvalue weighted by Crippen LogP contribution is 2.34. The molecule has 2 aliphatic rings. The third-order valence-corrected chi connectivity index (χ3v) is 9.04. The van der Waals surface area contributed by atoms with E-state index in [0.29, 0.717) is 12.2 Å². The molecule has 0 aliphatic heterocycles. The van der Waals surface area contributed by atoms with Crippen molar-refractivity contribution in [3.63, 3.8) is 0 Å². The third-order valence-electron chi connectivity index (χ3n) is 6.81. The minimum Gasteiger partial charge on any atom is -0.490 e. The fourth-order valence-corrected chi connectivity index (χ4v) is 7.09. The number of ether oxygens (including phenoxy) is 2. The summed E-state index contributed by atoms with van der Waals surface area (Å²) < 4.78 is 12.6. The Labute approximate surface area is 201 Å². The molecule has 3 aromatic carbocycles. The maximum atomic E-state index is 6.28. The second-order valence-corrected chi connectivity index (χ2v) is 11.3. The maximum Gasteiger partial charge on any atom is 0.166 e. The minimum atomic E-state index is -0.156. The third kappa shape index (κ3) is 5.95. The predicted octanol–water partition coefficient (Wildman–Crippen LogP) is 8.21. The molecule has 3 aromatic rings. The number of rotatable bonds is 7. The van der Waals surface area contributed by atoms with Crippen LogP contribution in [0, 0.1) is 0 Å². The monoisotopic (exact) mass is 459 g/mol. The van der Waals surface area contributed by atoms with Gasteiger partial charge < -0.3 is 9.47 Å². The van der Waals surface area contributed by atoms with Crippen molar-refractivity contribution in [1.82, 2.24) is 0 Å². The van der Waals surface area contributed by atoms with Gasteiger partial charge in [-0.25, -0.2) is 0 Å². The summed E-state index contributed by atoms with van der Waals surface area (Å²) in [6.45, 7) is 0. The van der Waals surface area contributed by atoms with E-state index >= 15 is 0 Å². The summed E-state index contributed by atoms with van der Waals surface area (Å²) in [6.07, 6.45) is 13.4. The van der Waals surface area contributed by atoms with Crippen molar-refractivity contribution in [2.45, 2.75) is 91.1 Å². The van der Waals surface area contributed by atoms with Crippen molar-refractivity contribution < 1.29 is 9.47 Å². The zero-order chi connectivity index (χ0) is 22.3. The van der Waals surface area contributed by atoms with Gasteiger partial charge in [0.25, 0.3) is 0 Å². The molecule has 0 amide bonds. The van der Waals surface area contributed by atoms with Gasteiger partial charge in [-0.15, -0.1) is 0 Å². The van der Waals surface area contributed by atoms with Gasteiger partial charge in [0.15, 0.2) is 14.7 Å². The Bertz CT molecular complexity index is 909. The van der Waals surface area contributed by atoms with Gasteiger partial charge in [0.05, 0.1) is 23.1 Å². The largest absolute Gasteiger partial charge is 0.490 e. The second kappa shape index (κ2) is 11.2. The summed E-state index contributed by atoms with van der Waals surface area (Å²) >= 11 is 0. The lowest BCUT2D eigenvalue weighted by atomic mass is 9.98. The molecule has 0 bridgehead atoms. The van der Waals surface area contributed by atoms with Crippen LogP contribution in [-0.2, 0) is 10.9 Å². The summed E-state index contributed by atoms with van der Waals surface area (Å²) in [5, 5.41) is 0. The zero-order valence-electron chi connectivity index (χ0n) is 19.5. The van der Waals surface area contributed by atoms with Crippen LogP contribution in [0.2, 0.25) is 0 Å². The van der Waals surface area contributed by atoms with Gasteiger partial charge in [0.1, 0.15) is 11.5 Å². The molecule has 0 unspecified atom stereocenters. The van der Waals surface area contributed by atoms with E-state index in [9.17, 15) is 0 Å². The lowest BCUT2D eigenvalue weighted by molar-refractivity contribution is 0.155. The summed E-state index contributed by atoms with van der Waals surface area (Å²) in [4.78, 5) is 3.97. The van der Waals surface area contributed by atoms with Gasteiger partial charge in [-0.2, -0.15) is 0 Å². The van der Waals surface area contributed by atoms with Crippen LogP contribution in [0.4, 0.5) is 0 Å². The van der Waals surface area contributed by atoms with Crippen LogP contribution in [0.5, 0.6) is 11.5 Å². The first-order chi connectivity index (χ1) is 16.3. The van der Waals surface area contributed by atoms with Gasteiger partial charge in [-0.3, -0.25) is 0 Å². The second-order valence-electron chi connectivity index (χ2n) is 9.32. The molecule has 2 fully saturated rings. The van der Waals surface area contributed by atoms with E-state index in [1.54, 1.807) is 0 Å². The van der Waals surface area contributed by atoms with Crippen molar-refractivity contribution >= 4 is 10.9 Å². The van der Waals surface area contributed by atoms with Crippen molar-refractivity contribution in [3.05, 3.63) is 78.9 Å². The van der Waals surface area contributed by atoms with E-state index in [2.05, 4.69) is 78.9 Å². The van der Waals surface area contributed by atoms with Crippen LogP contribution >= 0.6 is 0 Å². The van der Waals surface area contributed by atoms with Crippen LogP contribution in [-0.4, -0.2) is 12.2 Å². The van der Waals surface area contributed by atoms with E-state index in [1.165, 1.54) is 78.9 Å². The SMILES string of the molecule is c1ccc([S+](c2ccc(OC3CCCCC3)cc2)c2ccc(OC3CCCCC3)cc2)cc1. The topological polar surface area (TPSA) is 18.5 Å².